The van der Waals surface area contributed by atoms with Crippen molar-refractivity contribution in [3.63, 3.8) is 0 Å². The van der Waals surface area contributed by atoms with Gasteiger partial charge >= 0.3 is 11.9 Å². The number of rotatable bonds is 2. The molecule has 0 amide bonds. The molecule has 0 aromatic carbocycles. The summed E-state index contributed by atoms with van der Waals surface area (Å²) in [6.45, 7) is 1.47. The number of ether oxygens (including phenoxy) is 1. The lowest BCUT2D eigenvalue weighted by Crippen LogP contribution is -2.50. The fourth-order valence-electron chi connectivity index (χ4n) is 0.751. The van der Waals surface area contributed by atoms with Crippen LogP contribution in [0.4, 0.5) is 0 Å². The van der Waals surface area contributed by atoms with E-state index >= 15 is 0 Å². The Hall–Kier alpha value is -1.18. The molecule has 0 aromatic rings. The summed E-state index contributed by atoms with van der Waals surface area (Å²) in [4.78, 5) is 18.2. The van der Waals surface area contributed by atoms with Crippen molar-refractivity contribution in [3.8, 4) is 0 Å². The molecule has 1 fully saturated rings. The summed E-state index contributed by atoms with van der Waals surface area (Å²) in [7, 11) is 0. The van der Waals surface area contributed by atoms with Crippen LogP contribution < -0.4 is 5.73 Å². The van der Waals surface area contributed by atoms with Gasteiger partial charge in [0.2, 0.25) is 0 Å². The highest BCUT2D eigenvalue weighted by atomic mass is 16.5. The van der Waals surface area contributed by atoms with E-state index in [0.29, 0.717) is 26.2 Å². The predicted octanol–water partition coefficient (Wildman–Crippen LogP) is -1.75. The second kappa shape index (κ2) is 5.53. The summed E-state index contributed by atoms with van der Waals surface area (Å²) < 4.78 is 4.78. The lowest BCUT2D eigenvalue weighted by molar-refractivity contribution is -0.179. The van der Waals surface area contributed by atoms with E-state index in [-0.39, 0.29) is 0 Å². The average molecular weight is 207 g/mol. The summed E-state index contributed by atoms with van der Waals surface area (Å²) >= 11 is 0. The van der Waals surface area contributed by atoms with E-state index in [1.165, 1.54) is 0 Å². The Labute approximate surface area is 80.1 Å². The summed E-state index contributed by atoms with van der Waals surface area (Å²) in [6, 6.07) is 0. The van der Waals surface area contributed by atoms with Crippen LogP contribution in [0.1, 0.15) is 6.42 Å². The lowest BCUT2D eigenvalue weighted by Gasteiger charge is -2.35. The molecule has 1 heterocycles. The first kappa shape index (κ1) is 12.8. The van der Waals surface area contributed by atoms with Gasteiger partial charge in [0, 0.05) is 0 Å². The number of aliphatic carboxylic acids is 2. The number of hydrogen-bond acceptors (Lipinski definition) is 5. The molecule has 1 aliphatic heterocycles. The minimum atomic E-state index is -1.82. The van der Waals surface area contributed by atoms with Gasteiger partial charge in [-0.1, -0.05) is 0 Å². The van der Waals surface area contributed by atoms with Gasteiger partial charge in [-0.15, -0.1) is 0 Å². The van der Waals surface area contributed by atoms with E-state index in [2.05, 4.69) is 0 Å². The second-order valence-corrected chi connectivity index (χ2v) is 2.87. The molecule has 5 N–H and O–H groups in total. The number of carbonyl (C=O) groups is 2. The fourth-order valence-corrected chi connectivity index (χ4v) is 0.751. The third kappa shape index (κ3) is 4.75. The van der Waals surface area contributed by atoms with E-state index in [4.69, 9.17) is 30.3 Å². The van der Waals surface area contributed by atoms with E-state index in [1.807, 2.05) is 0 Å². The van der Waals surface area contributed by atoms with Crippen molar-refractivity contribution >= 4 is 11.9 Å². The van der Waals surface area contributed by atoms with Gasteiger partial charge in [0.1, 0.15) is 5.60 Å². The van der Waals surface area contributed by atoms with Gasteiger partial charge in [0.05, 0.1) is 13.2 Å². The third-order valence-corrected chi connectivity index (χ3v) is 1.53. The smallest absolute Gasteiger partial charge is 0.414 e. The van der Waals surface area contributed by atoms with Crippen molar-refractivity contribution in [1.82, 2.24) is 0 Å². The van der Waals surface area contributed by atoms with Gasteiger partial charge in [-0.3, -0.25) is 0 Å². The summed E-state index contributed by atoms with van der Waals surface area (Å²) in [5, 5.41) is 24.0. The molecule has 0 bridgehead atoms. The monoisotopic (exact) mass is 207 g/mol. The molecule has 1 saturated heterocycles. The van der Waals surface area contributed by atoms with Crippen molar-refractivity contribution in [1.29, 1.82) is 0 Å². The van der Waals surface area contributed by atoms with Crippen molar-refractivity contribution in [3.05, 3.63) is 0 Å². The van der Waals surface area contributed by atoms with Gasteiger partial charge in [-0.2, -0.15) is 0 Å². The number of carboxylic acid groups (broad SMARTS) is 2. The Kier molecular flexibility index (Phi) is 5.06. The molecule has 0 radical (unpaired) electrons. The molecule has 0 saturated carbocycles. The van der Waals surface area contributed by atoms with Gasteiger partial charge in [0.25, 0.3) is 0 Å². The van der Waals surface area contributed by atoms with Crippen LogP contribution in [0, 0.1) is 0 Å². The summed E-state index contributed by atoms with van der Waals surface area (Å²) in [6.07, 6.45) is 0.660. The van der Waals surface area contributed by atoms with E-state index in [1.54, 1.807) is 0 Å². The zero-order valence-corrected chi connectivity index (χ0v) is 7.47. The molecule has 1 aliphatic rings. The first-order valence-electron chi connectivity index (χ1n) is 3.88. The minimum Gasteiger partial charge on any atom is -0.473 e. The normalized spacial score (nSPS) is 17.3. The van der Waals surface area contributed by atoms with Crippen LogP contribution in [0.3, 0.4) is 0 Å². The van der Waals surface area contributed by atoms with Crippen molar-refractivity contribution in [2.24, 2.45) is 5.73 Å². The number of nitrogens with two attached hydrogens (primary N) is 1. The van der Waals surface area contributed by atoms with Crippen LogP contribution in [0.5, 0.6) is 0 Å². The summed E-state index contributed by atoms with van der Waals surface area (Å²) in [5.41, 5.74) is 4.63. The molecule has 14 heavy (non-hydrogen) atoms. The molecule has 0 aliphatic carbocycles. The highest BCUT2D eigenvalue weighted by Crippen LogP contribution is 2.18. The molecule has 7 heteroatoms. The average Bonchev–Trinajstić information content (AvgIpc) is 2.03. The van der Waals surface area contributed by atoms with Crippen LogP contribution in [0.2, 0.25) is 0 Å². The maximum absolute atomic E-state index is 9.20. The molecule has 0 spiro atoms. The number of hydrogen-bond donors (Lipinski definition) is 4. The van der Waals surface area contributed by atoms with Crippen LogP contribution in [0.15, 0.2) is 0 Å². The third-order valence-electron chi connectivity index (χ3n) is 1.53. The molecule has 0 aromatic heterocycles. The molecule has 0 atom stereocenters. The standard InChI is InChI=1S/C5H11NO2.C2H2O4/c6-2-1-5(7)3-8-4-5;3-1(4)2(5)6/h7H,1-4,6H2;(H,3,4)(H,5,6). The fraction of sp³-hybridized carbons (Fsp3) is 0.714. The predicted molar refractivity (Wildman–Crippen MR) is 44.7 cm³/mol. The Morgan fingerprint density at radius 2 is 1.71 bits per heavy atom. The van der Waals surface area contributed by atoms with Gasteiger partial charge in [-0.05, 0) is 13.0 Å². The lowest BCUT2D eigenvalue weighted by atomic mass is 9.98. The quantitative estimate of drug-likeness (QED) is 0.395. The topological polar surface area (TPSA) is 130 Å². The van der Waals surface area contributed by atoms with E-state index < -0.39 is 17.5 Å². The van der Waals surface area contributed by atoms with Crippen molar-refractivity contribution in [2.75, 3.05) is 19.8 Å². The number of carboxylic acids is 2. The molecule has 1 rings (SSSR count). The van der Waals surface area contributed by atoms with Gasteiger partial charge in [0.15, 0.2) is 0 Å². The maximum atomic E-state index is 9.20. The van der Waals surface area contributed by atoms with Crippen LogP contribution in [0.25, 0.3) is 0 Å². The van der Waals surface area contributed by atoms with Gasteiger partial charge < -0.3 is 25.8 Å². The molecular weight excluding hydrogens is 194 g/mol. The molecular formula is C7H13NO6. The highest BCUT2D eigenvalue weighted by molar-refractivity contribution is 6.27. The Morgan fingerprint density at radius 3 is 1.79 bits per heavy atom. The molecule has 0 unspecified atom stereocenters. The Morgan fingerprint density at radius 1 is 1.29 bits per heavy atom. The van der Waals surface area contributed by atoms with Crippen LogP contribution in [-0.4, -0.2) is 52.6 Å². The first-order chi connectivity index (χ1) is 6.41. The Balaban J connectivity index is 0.000000255. The zero-order valence-electron chi connectivity index (χ0n) is 7.47. The van der Waals surface area contributed by atoms with Crippen molar-refractivity contribution < 1.29 is 29.6 Å². The van der Waals surface area contributed by atoms with Gasteiger partial charge in [-0.25, -0.2) is 9.59 Å². The second-order valence-electron chi connectivity index (χ2n) is 2.87. The Bertz CT molecular complexity index is 200. The van der Waals surface area contributed by atoms with E-state index in [0.717, 1.165) is 0 Å². The van der Waals surface area contributed by atoms with Crippen LogP contribution in [-0.2, 0) is 14.3 Å². The van der Waals surface area contributed by atoms with Crippen LogP contribution >= 0.6 is 0 Å². The molecule has 7 nitrogen and oxygen atoms in total. The summed E-state index contributed by atoms with van der Waals surface area (Å²) in [5.74, 6) is -3.65. The minimum absolute atomic E-state index is 0.462. The maximum Gasteiger partial charge on any atom is 0.414 e. The SMILES string of the molecule is NCCC1(O)COC1.O=C(O)C(=O)O. The van der Waals surface area contributed by atoms with E-state index in [9.17, 15) is 5.11 Å². The highest BCUT2D eigenvalue weighted by Gasteiger charge is 2.34. The number of aliphatic hydroxyl groups is 1. The largest absolute Gasteiger partial charge is 0.473 e. The zero-order chi connectivity index (χ0) is 11.2. The first-order valence-corrected chi connectivity index (χ1v) is 3.88. The molecule has 82 valence electrons. The van der Waals surface area contributed by atoms with Crippen molar-refractivity contribution in [2.45, 2.75) is 12.0 Å².